The summed E-state index contributed by atoms with van der Waals surface area (Å²) >= 11 is 0. The Balaban J connectivity index is 3.50. The maximum absolute atomic E-state index is 14.3. The summed E-state index contributed by atoms with van der Waals surface area (Å²) in [7, 11) is 0. The summed E-state index contributed by atoms with van der Waals surface area (Å²) in [5, 5.41) is 16.8. The van der Waals surface area contributed by atoms with Crippen LogP contribution in [0.2, 0.25) is 0 Å². The van der Waals surface area contributed by atoms with Gasteiger partial charge in [0.2, 0.25) is 0 Å². The topological polar surface area (TPSA) is 93.1 Å². The molecule has 2 N–H and O–H groups in total. The highest BCUT2D eigenvalue weighted by atomic mass is 19.4. The summed E-state index contributed by atoms with van der Waals surface area (Å²) in [5.74, 6) is -42.0. The van der Waals surface area contributed by atoms with Gasteiger partial charge in [-0.1, -0.05) is 0 Å². The van der Waals surface area contributed by atoms with Crippen LogP contribution in [0.4, 0.5) is 66.7 Å². The van der Waals surface area contributed by atoms with E-state index < -0.39 is 79.1 Å². The number of halogens is 13. The molecule has 1 fully saturated rings. The molecule has 0 bridgehead atoms. The largest absolute Gasteiger partial charge is 0.506 e. The molecule has 1 aliphatic carbocycles. The van der Waals surface area contributed by atoms with Crippen molar-refractivity contribution in [1.82, 2.24) is 0 Å². The molecule has 0 spiro atoms. The minimum Gasteiger partial charge on any atom is -0.450 e. The molecule has 1 saturated carbocycles. The van der Waals surface area contributed by atoms with Gasteiger partial charge in [-0.25, -0.2) is 9.59 Å². The van der Waals surface area contributed by atoms with Crippen molar-refractivity contribution in [3.63, 3.8) is 0 Å². The molecule has 0 heterocycles. The van der Waals surface area contributed by atoms with E-state index in [0.717, 1.165) is 0 Å². The zero-order valence-corrected chi connectivity index (χ0v) is 14.6. The number of ether oxygens (including phenoxy) is 2. The molecule has 0 saturated heterocycles. The van der Waals surface area contributed by atoms with E-state index >= 15 is 0 Å². The van der Waals surface area contributed by atoms with Crippen LogP contribution in [-0.2, 0) is 9.47 Å². The first-order valence-electron chi connectivity index (χ1n) is 7.70. The van der Waals surface area contributed by atoms with Crippen LogP contribution < -0.4 is 0 Å². The number of hydrogen-bond acceptors (Lipinski definition) is 4. The van der Waals surface area contributed by atoms with E-state index in [4.69, 9.17) is 10.2 Å². The molecule has 3 unspecified atom stereocenters. The lowest BCUT2D eigenvalue weighted by molar-refractivity contribution is -0.444. The maximum Gasteiger partial charge on any atom is 0.506 e. The second kappa shape index (κ2) is 7.89. The van der Waals surface area contributed by atoms with Crippen molar-refractivity contribution in [2.24, 2.45) is 5.92 Å². The van der Waals surface area contributed by atoms with E-state index in [1.807, 2.05) is 0 Å². The third kappa shape index (κ3) is 4.16. The van der Waals surface area contributed by atoms with Gasteiger partial charge in [0.15, 0.2) is 0 Å². The molecular formula is C13H9F13O6. The van der Waals surface area contributed by atoms with Crippen molar-refractivity contribution in [3.8, 4) is 0 Å². The highest BCUT2D eigenvalue weighted by Crippen LogP contribution is 2.62. The second-order valence-corrected chi connectivity index (χ2v) is 6.42. The van der Waals surface area contributed by atoms with E-state index in [2.05, 4.69) is 9.47 Å². The van der Waals surface area contributed by atoms with Crippen LogP contribution in [-0.4, -0.2) is 70.5 Å². The van der Waals surface area contributed by atoms with E-state index in [1.165, 1.54) is 0 Å². The molecule has 0 amide bonds. The number of carbonyl (C=O) groups is 2. The molecule has 0 aliphatic heterocycles. The van der Waals surface area contributed by atoms with Crippen molar-refractivity contribution >= 4 is 12.3 Å². The average Bonchev–Trinajstić information content (AvgIpc) is 2.94. The van der Waals surface area contributed by atoms with Gasteiger partial charge in [0.05, 0.1) is 5.92 Å². The number of rotatable bonds is 7. The molecule has 0 radical (unpaired) electrons. The molecule has 0 aromatic rings. The van der Waals surface area contributed by atoms with E-state index in [0.29, 0.717) is 0 Å². The Kier molecular flexibility index (Phi) is 6.82. The first kappa shape index (κ1) is 27.7. The number of alkyl halides is 13. The van der Waals surface area contributed by atoms with Crippen LogP contribution in [0, 0.1) is 5.92 Å². The highest BCUT2D eigenvalue weighted by Gasteiger charge is 2.91. The van der Waals surface area contributed by atoms with E-state index in [-0.39, 0.29) is 0 Å². The number of hydrogen-bond donors (Lipinski definition) is 2. The third-order valence-corrected chi connectivity index (χ3v) is 4.40. The van der Waals surface area contributed by atoms with Crippen LogP contribution in [0.3, 0.4) is 0 Å². The first-order valence-corrected chi connectivity index (χ1v) is 7.70. The van der Waals surface area contributed by atoms with Gasteiger partial charge in [-0.05, 0) is 6.42 Å². The SMILES string of the molecule is O=C(O)OC1CC(OC(=O)O)C(C(F)(F)C(F)(F)C(F)(F)C(F)(F)C(F)(F)C(F)(F)F)C1. The zero-order valence-electron chi connectivity index (χ0n) is 14.6. The fourth-order valence-electron chi connectivity index (χ4n) is 2.85. The lowest BCUT2D eigenvalue weighted by Gasteiger charge is -2.41. The Morgan fingerprint density at radius 2 is 1.03 bits per heavy atom. The molecule has 1 aliphatic rings. The first-order chi connectivity index (χ1) is 13.9. The Morgan fingerprint density at radius 1 is 0.625 bits per heavy atom. The zero-order chi connectivity index (χ0) is 25.7. The summed E-state index contributed by atoms with van der Waals surface area (Å²) in [6.07, 6.45) is -20.4. The van der Waals surface area contributed by atoms with Gasteiger partial charge in [0.25, 0.3) is 0 Å². The summed E-state index contributed by atoms with van der Waals surface area (Å²) < 4.78 is 180. The van der Waals surface area contributed by atoms with Crippen LogP contribution in [0.5, 0.6) is 0 Å². The van der Waals surface area contributed by atoms with Crippen molar-refractivity contribution in [2.45, 2.75) is 60.8 Å². The third-order valence-electron chi connectivity index (χ3n) is 4.40. The lowest BCUT2D eigenvalue weighted by atomic mass is 9.85. The van der Waals surface area contributed by atoms with Gasteiger partial charge < -0.3 is 19.7 Å². The highest BCUT2D eigenvalue weighted by molar-refractivity contribution is 5.58. The molecular weight excluding hydrogens is 499 g/mol. The summed E-state index contributed by atoms with van der Waals surface area (Å²) in [6, 6.07) is 0. The standard InChI is InChI=1S/C13H9F13O6/c14-8(15,4-1-3(31-6(27)28)2-5(4)32-7(29)30)9(16,17)10(18,19)11(20,21)12(22,23)13(24,25)26/h3-5H,1-2H2,(H,27,28)(H,29,30). The van der Waals surface area contributed by atoms with Gasteiger partial charge in [0, 0.05) is 6.42 Å². The van der Waals surface area contributed by atoms with Gasteiger partial charge in [-0.3, -0.25) is 0 Å². The molecule has 0 aromatic carbocycles. The Bertz CT molecular complexity index is 734. The molecule has 19 heteroatoms. The van der Waals surface area contributed by atoms with Gasteiger partial charge in [0.1, 0.15) is 12.2 Å². The quantitative estimate of drug-likeness (QED) is 0.360. The van der Waals surface area contributed by atoms with E-state index in [1.54, 1.807) is 0 Å². The predicted octanol–water partition coefficient (Wildman–Crippen LogP) is 5.26. The Labute approximate surface area is 166 Å². The smallest absolute Gasteiger partial charge is 0.450 e. The number of carboxylic acid groups (broad SMARTS) is 2. The van der Waals surface area contributed by atoms with Gasteiger partial charge in [-0.2, -0.15) is 57.1 Å². The Morgan fingerprint density at radius 3 is 1.41 bits per heavy atom. The maximum atomic E-state index is 14.3. The van der Waals surface area contributed by atoms with Gasteiger partial charge >= 0.3 is 48.1 Å². The van der Waals surface area contributed by atoms with Crippen LogP contribution in [0.25, 0.3) is 0 Å². The van der Waals surface area contributed by atoms with Crippen LogP contribution in [0.15, 0.2) is 0 Å². The molecule has 32 heavy (non-hydrogen) atoms. The fourth-order valence-corrected chi connectivity index (χ4v) is 2.85. The normalized spacial score (nSPS) is 23.7. The van der Waals surface area contributed by atoms with E-state index in [9.17, 15) is 66.7 Å². The lowest BCUT2D eigenvalue weighted by Crippen LogP contribution is -2.71. The van der Waals surface area contributed by atoms with Crippen LogP contribution in [0.1, 0.15) is 12.8 Å². The van der Waals surface area contributed by atoms with Crippen molar-refractivity contribution < 1.29 is 86.4 Å². The Hall–Kier alpha value is -2.37. The van der Waals surface area contributed by atoms with Crippen molar-refractivity contribution in [1.29, 1.82) is 0 Å². The molecule has 6 nitrogen and oxygen atoms in total. The summed E-state index contributed by atoms with van der Waals surface area (Å²) in [6.45, 7) is 0. The minimum atomic E-state index is -8.12. The molecule has 0 aromatic heterocycles. The molecule has 1 rings (SSSR count). The monoisotopic (exact) mass is 508 g/mol. The average molecular weight is 508 g/mol. The minimum absolute atomic E-state index is 1.32. The summed E-state index contributed by atoms with van der Waals surface area (Å²) in [5.41, 5.74) is 0. The summed E-state index contributed by atoms with van der Waals surface area (Å²) in [4.78, 5) is 20.9. The van der Waals surface area contributed by atoms with Crippen molar-refractivity contribution in [3.05, 3.63) is 0 Å². The molecule has 188 valence electrons. The fraction of sp³-hybridized carbons (Fsp3) is 0.846. The van der Waals surface area contributed by atoms with Gasteiger partial charge in [-0.15, -0.1) is 0 Å². The predicted molar refractivity (Wildman–Crippen MR) is 69.3 cm³/mol. The molecule has 3 atom stereocenters. The van der Waals surface area contributed by atoms with Crippen LogP contribution >= 0.6 is 0 Å². The second-order valence-electron chi connectivity index (χ2n) is 6.42. The van der Waals surface area contributed by atoms with Crippen molar-refractivity contribution in [2.75, 3.05) is 0 Å².